The number of piperidine rings is 1. The third-order valence-electron chi connectivity index (χ3n) is 1.91. The lowest BCUT2D eigenvalue weighted by molar-refractivity contribution is 0.137. The van der Waals surface area contributed by atoms with Crippen molar-refractivity contribution in [2.24, 2.45) is 0 Å². The molecule has 0 aromatic rings. The summed E-state index contributed by atoms with van der Waals surface area (Å²) in [6.07, 6.45) is 0.746. The summed E-state index contributed by atoms with van der Waals surface area (Å²) in [7, 11) is 0. The van der Waals surface area contributed by atoms with Crippen LogP contribution in [0.25, 0.3) is 0 Å². The zero-order chi connectivity index (χ0) is 11.0. The van der Waals surface area contributed by atoms with Crippen molar-refractivity contribution in [2.45, 2.75) is 38.8 Å². The summed E-state index contributed by atoms with van der Waals surface area (Å²) in [6, 6.07) is 1.41. The fraction of sp³-hybridized carbons (Fsp3) is 0.889. The standard InChI is InChI=1S/C8H18N2.CH2O3/c1-7(2)10-8-3-5-9-6-4-8;2-1(3)4/h7-10H,3-6H2,1-2H3;(H2,2,3,4). The maximum absolute atomic E-state index is 8.56. The molecule has 1 aliphatic heterocycles. The summed E-state index contributed by atoms with van der Waals surface area (Å²) in [5, 5.41) is 20.8. The molecular weight excluding hydrogens is 184 g/mol. The van der Waals surface area contributed by atoms with E-state index >= 15 is 0 Å². The van der Waals surface area contributed by atoms with Crippen molar-refractivity contribution >= 4 is 6.16 Å². The summed E-state index contributed by atoms with van der Waals surface area (Å²) in [6.45, 7) is 6.79. The van der Waals surface area contributed by atoms with Crippen molar-refractivity contribution in [1.29, 1.82) is 0 Å². The molecule has 1 aliphatic rings. The third kappa shape index (κ3) is 9.28. The van der Waals surface area contributed by atoms with Crippen LogP contribution in [-0.2, 0) is 0 Å². The topological polar surface area (TPSA) is 81.6 Å². The van der Waals surface area contributed by atoms with Crippen LogP contribution < -0.4 is 10.6 Å². The van der Waals surface area contributed by atoms with Gasteiger partial charge < -0.3 is 20.8 Å². The first kappa shape index (κ1) is 13.2. The first-order valence-electron chi connectivity index (χ1n) is 4.91. The molecule has 0 amide bonds. The van der Waals surface area contributed by atoms with Crippen molar-refractivity contribution in [3.8, 4) is 0 Å². The Bertz CT molecular complexity index is 152. The van der Waals surface area contributed by atoms with Gasteiger partial charge in [0.1, 0.15) is 0 Å². The van der Waals surface area contributed by atoms with Crippen LogP contribution in [0.4, 0.5) is 4.79 Å². The third-order valence-corrected chi connectivity index (χ3v) is 1.91. The molecule has 1 heterocycles. The summed E-state index contributed by atoms with van der Waals surface area (Å²) in [5.74, 6) is 0. The van der Waals surface area contributed by atoms with E-state index in [9.17, 15) is 0 Å². The highest BCUT2D eigenvalue weighted by Gasteiger charge is 2.12. The van der Waals surface area contributed by atoms with Crippen molar-refractivity contribution in [3.05, 3.63) is 0 Å². The first-order valence-corrected chi connectivity index (χ1v) is 4.91. The van der Waals surface area contributed by atoms with Gasteiger partial charge in [-0.2, -0.15) is 0 Å². The van der Waals surface area contributed by atoms with E-state index in [0.717, 1.165) is 6.04 Å². The quantitative estimate of drug-likeness (QED) is 0.538. The zero-order valence-corrected chi connectivity index (χ0v) is 8.79. The van der Waals surface area contributed by atoms with Crippen LogP contribution >= 0.6 is 0 Å². The zero-order valence-electron chi connectivity index (χ0n) is 8.79. The molecular formula is C9H20N2O3. The van der Waals surface area contributed by atoms with Crippen molar-refractivity contribution in [1.82, 2.24) is 10.6 Å². The van der Waals surface area contributed by atoms with E-state index in [1.165, 1.54) is 25.9 Å². The number of nitrogens with one attached hydrogen (secondary N) is 2. The largest absolute Gasteiger partial charge is 0.503 e. The summed E-state index contributed by atoms with van der Waals surface area (Å²) >= 11 is 0. The van der Waals surface area contributed by atoms with Gasteiger partial charge in [0.05, 0.1) is 0 Å². The van der Waals surface area contributed by atoms with Gasteiger partial charge in [-0.25, -0.2) is 4.79 Å². The van der Waals surface area contributed by atoms with E-state index in [4.69, 9.17) is 15.0 Å². The average Bonchev–Trinajstić information content (AvgIpc) is 2.03. The maximum Gasteiger partial charge on any atom is 0.503 e. The molecule has 84 valence electrons. The predicted molar refractivity (Wildman–Crippen MR) is 54.8 cm³/mol. The molecule has 0 aliphatic carbocycles. The van der Waals surface area contributed by atoms with Crippen LogP contribution in [-0.4, -0.2) is 41.5 Å². The fourth-order valence-electron chi connectivity index (χ4n) is 1.46. The lowest BCUT2D eigenvalue weighted by Crippen LogP contribution is -2.42. The highest BCUT2D eigenvalue weighted by molar-refractivity contribution is 5.53. The highest BCUT2D eigenvalue weighted by Crippen LogP contribution is 2.02. The summed E-state index contributed by atoms with van der Waals surface area (Å²) in [5.41, 5.74) is 0. The second kappa shape index (κ2) is 7.58. The molecule has 0 bridgehead atoms. The van der Waals surface area contributed by atoms with Gasteiger partial charge in [-0.05, 0) is 25.9 Å². The fourth-order valence-corrected chi connectivity index (χ4v) is 1.46. The Morgan fingerprint density at radius 2 is 1.79 bits per heavy atom. The Hall–Kier alpha value is -0.810. The molecule has 1 saturated heterocycles. The van der Waals surface area contributed by atoms with E-state index in [-0.39, 0.29) is 0 Å². The molecule has 0 atom stereocenters. The van der Waals surface area contributed by atoms with Gasteiger partial charge in [0, 0.05) is 12.1 Å². The summed E-state index contributed by atoms with van der Waals surface area (Å²) < 4.78 is 0. The van der Waals surface area contributed by atoms with Crippen LogP contribution in [0.1, 0.15) is 26.7 Å². The van der Waals surface area contributed by atoms with Crippen LogP contribution in [0.5, 0.6) is 0 Å². The monoisotopic (exact) mass is 204 g/mol. The van der Waals surface area contributed by atoms with Crippen LogP contribution in [0.15, 0.2) is 0 Å². The molecule has 0 aromatic heterocycles. The molecule has 5 nitrogen and oxygen atoms in total. The molecule has 0 radical (unpaired) electrons. The minimum atomic E-state index is -1.83. The molecule has 0 unspecified atom stereocenters. The minimum absolute atomic E-state index is 0.642. The number of carbonyl (C=O) groups is 1. The molecule has 1 rings (SSSR count). The first-order chi connectivity index (χ1) is 6.52. The number of carboxylic acid groups (broad SMARTS) is 2. The minimum Gasteiger partial charge on any atom is -0.450 e. The van der Waals surface area contributed by atoms with Crippen LogP contribution in [0.2, 0.25) is 0 Å². The average molecular weight is 204 g/mol. The van der Waals surface area contributed by atoms with E-state index in [2.05, 4.69) is 24.5 Å². The van der Waals surface area contributed by atoms with E-state index in [1.54, 1.807) is 0 Å². The lowest BCUT2D eigenvalue weighted by atomic mass is 10.1. The molecule has 14 heavy (non-hydrogen) atoms. The Labute approximate surface area is 84.5 Å². The van der Waals surface area contributed by atoms with Gasteiger partial charge in [-0.3, -0.25) is 0 Å². The molecule has 4 N–H and O–H groups in total. The van der Waals surface area contributed by atoms with Crippen LogP contribution in [0, 0.1) is 0 Å². The van der Waals surface area contributed by atoms with E-state index in [1.807, 2.05) is 0 Å². The lowest BCUT2D eigenvalue weighted by Gasteiger charge is -2.25. The smallest absolute Gasteiger partial charge is 0.450 e. The molecule has 0 spiro atoms. The predicted octanol–water partition coefficient (Wildman–Crippen LogP) is 0.959. The second-order valence-corrected chi connectivity index (χ2v) is 3.63. The summed E-state index contributed by atoms with van der Waals surface area (Å²) in [4.78, 5) is 8.56. The van der Waals surface area contributed by atoms with Gasteiger partial charge in [-0.15, -0.1) is 0 Å². The maximum atomic E-state index is 8.56. The normalized spacial score (nSPS) is 17.4. The van der Waals surface area contributed by atoms with Gasteiger partial charge >= 0.3 is 6.16 Å². The van der Waals surface area contributed by atoms with Crippen molar-refractivity contribution < 1.29 is 15.0 Å². The second-order valence-electron chi connectivity index (χ2n) is 3.63. The Kier molecular flexibility index (Phi) is 7.14. The highest BCUT2D eigenvalue weighted by atomic mass is 16.6. The van der Waals surface area contributed by atoms with Crippen LogP contribution in [0.3, 0.4) is 0 Å². The van der Waals surface area contributed by atoms with E-state index in [0.29, 0.717) is 6.04 Å². The SMILES string of the molecule is CC(C)NC1CCNCC1.O=C(O)O. The molecule has 0 saturated carbocycles. The van der Waals surface area contributed by atoms with Crippen molar-refractivity contribution in [2.75, 3.05) is 13.1 Å². The Balaban J connectivity index is 0.000000364. The van der Waals surface area contributed by atoms with Gasteiger partial charge in [0.2, 0.25) is 0 Å². The number of hydrogen-bond acceptors (Lipinski definition) is 3. The van der Waals surface area contributed by atoms with E-state index < -0.39 is 6.16 Å². The van der Waals surface area contributed by atoms with Crippen molar-refractivity contribution in [3.63, 3.8) is 0 Å². The van der Waals surface area contributed by atoms with Gasteiger partial charge in [0.15, 0.2) is 0 Å². The van der Waals surface area contributed by atoms with Gasteiger partial charge in [0.25, 0.3) is 0 Å². The molecule has 0 aromatic carbocycles. The molecule has 1 fully saturated rings. The number of hydrogen-bond donors (Lipinski definition) is 4. The number of rotatable bonds is 2. The Morgan fingerprint density at radius 1 is 1.36 bits per heavy atom. The Morgan fingerprint density at radius 3 is 2.14 bits per heavy atom. The molecule has 5 heteroatoms. The van der Waals surface area contributed by atoms with Gasteiger partial charge in [-0.1, -0.05) is 13.8 Å².